The van der Waals surface area contributed by atoms with E-state index in [1.807, 2.05) is 35.7 Å². The van der Waals surface area contributed by atoms with Crippen LogP contribution in [-0.4, -0.2) is 42.2 Å². The molecule has 2 aliphatic heterocycles. The Morgan fingerprint density at radius 2 is 2.22 bits per heavy atom. The summed E-state index contributed by atoms with van der Waals surface area (Å²) in [7, 11) is 0. The molecule has 1 saturated heterocycles. The molecule has 3 rings (SSSR count). The summed E-state index contributed by atoms with van der Waals surface area (Å²) >= 11 is 1.87. The van der Waals surface area contributed by atoms with E-state index >= 15 is 0 Å². The maximum absolute atomic E-state index is 12.8. The van der Waals surface area contributed by atoms with Crippen LogP contribution in [0.15, 0.2) is 23.1 Å². The number of carbonyl (C=O) groups excluding carboxylic acids is 2. The van der Waals surface area contributed by atoms with Crippen molar-refractivity contribution in [1.29, 1.82) is 0 Å². The third kappa shape index (κ3) is 3.71. The first-order valence-corrected chi connectivity index (χ1v) is 9.39. The second-order valence-corrected chi connectivity index (χ2v) is 7.25. The van der Waals surface area contributed by atoms with E-state index in [2.05, 4.69) is 6.07 Å². The van der Waals surface area contributed by atoms with E-state index in [0.717, 1.165) is 37.1 Å². The lowest BCUT2D eigenvalue weighted by Crippen LogP contribution is -2.42. The SMILES string of the molecule is CCOC(=O)C1CCCN(C(=O)c2ccc3c(c2)CCCS3)C1. The first-order chi connectivity index (χ1) is 11.2. The highest BCUT2D eigenvalue weighted by Gasteiger charge is 2.30. The molecule has 4 nitrogen and oxygen atoms in total. The zero-order valence-electron chi connectivity index (χ0n) is 13.5. The topological polar surface area (TPSA) is 46.6 Å². The summed E-state index contributed by atoms with van der Waals surface area (Å²) in [5, 5.41) is 0. The quantitative estimate of drug-likeness (QED) is 0.797. The van der Waals surface area contributed by atoms with Gasteiger partial charge in [0, 0.05) is 23.5 Å². The van der Waals surface area contributed by atoms with Crippen LogP contribution in [0.25, 0.3) is 0 Å². The van der Waals surface area contributed by atoms with Crippen LogP contribution in [-0.2, 0) is 16.0 Å². The highest BCUT2D eigenvalue weighted by Crippen LogP contribution is 2.31. The molecule has 2 heterocycles. The van der Waals surface area contributed by atoms with E-state index in [1.165, 1.54) is 16.9 Å². The van der Waals surface area contributed by atoms with Crippen molar-refractivity contribution in [3.05, 3.63) is 29.3 Å². The van der Waals surface area contributed by atoms with Gasteiger partial charge < -0.3 is 9.64 Å². The van der Waals surface area contributed by atoms with E-state index in [4.69, 9.17) is 4.74 Å². The van der Waals surface area contributed by atoms with Crippen LogP contribution in [0.4, 0.5) is 0 Å². The number of ether oxygens (including phenoxy) is 1. The number of esters is 1. The van der Waals surface area contributed by atoms with Crippen molar-refractivity contribution < 1.29 is 14.3 Å². The molecule has 1 aromatic carbocycles. The smallest absolute Gasteiger partial charge is 0.310 e. The van der Waals surface area contributed by atoms with Gasteiger partial charge in [0.05, 0.1) is 12.5 Å². The van der Waals surface area contributed by atoms with Gasteiger partial charge in [0.25, 0.3) is 5.91 Å². The number of hydrogen-bond acceptors (Lipinski definition) is 4. The maximum Gasteiger partial charge on any atom is 0.310 e. The van der Waals surface area contributed by atoms with Crippen LogP contribution in [0.2, 0.25) is 0 Å². The first kappa shape index (κ1) is 16.4. The molecule has 0 aromatic heterocycles. The average Bonchev–Trinajstić information content (AvgIpc) is 2.61. The summed E-state index contributed by atoms with van der Waals surface area (Å²) in [6, 6.07) is 6.03. The lowest BCUT2D eigenvalue weighted by Gasteiger charge is -2.31. The van der Waals surface area contributed by atoms with Gasteiger partial charge in [0.1, 0.15) is 0 Å². The Hall–Kier alpha value is -1.49. The third-order valence-corrected chi connectivity index (χ3v) is 5.69. The molecule has 0 N–H and O–H groups in total. The van der Waals surface area contributed by atoms with E-state index < -0.39 is 0 Å². The lowest BCUT2D eigenvalue weighted by molar-refractivity contribution is -0.149. The number of nitrogens with zero attached hydrogens (tertiary/aromatic N) is 1. The summed E-state index contributed by atoms with van der Waals surface area (Å²) in [5.41, 5.74) is 2.03. The molecular formula is C18H23NO3S. The standard InChI is InChI=1S/C18H23NO3S/c1-2-22-18(21)15-5-3-9-19(12-15)17(20)14-7-8-16-13(11-14)6-4-10-23-16/h7-8,11,15H,2-6,9-10,12H2,1H3. The molecule has 1 unspecified atom stereocenters. The van der Waals surface area contributed by atoms with Crippen molar-refractivity contribution in [2.75, 3.05) is 25.4 Å². The number of aryl methyl sites for hydroxylation is 1. The number of fused-ring (bicyclic) bond motifs is 1. The number of rotatable bonds is 3. The number of benzene rings is 1. The van der Waals surface area contributed by atoms with Crippen molar-refractivity contribution in [3.63, 3.8) is 0 Å². The Morgan fingerprint density at radius 1 is 1.35 bits per heavy atom. The van der Waals surface area contributed by atoms with E-state index in [-0.39, 0.29) is 17.8 Å². The summed E-state index contributed by atoms with van der Waals surface area (Å²) in [6.45, 7) is 3.41. The molecule has 0 saturated carbocycles. The molecule has 23 heavy (non-hydrogen) atoms. The predicted molar refractivity (Wildman–Crippen MR) is 90.7 cm³/mol. The Kier molecular flexibility index (Phi) is 5.26. The molecule has 0 bridgehead atoms. The number of piperidine rings is 1. The molecule has 0 radical (unpaired) electrons. The zero-order valence-corrected chi connectivity index (χ0v) is 14.4. The summed E-state index contributed by atoms with van der Waals surface area (Å²) < 4.78 is 5.11. The summed E-state index contributed by atoms with van der Waals surface area (Å²) in [5.74, 6) is 0.846. The first-order valence-electron chi connectivity index (χ1n) is 8.40. The van der Waals surface area contributed by atoms with Gasteiger partial charge in [-0.2, -0.15) is 0 Å². The van der Waals surface area contributed by atoms with Crippen LogP contribution < -0.4 is 0 Å². The number of carbonyl (C=O) groups is 2. The van der Waals surface area contributed by atoms with Gasteiger partial charge in [-0.1, -0.05) is 0 Å². The molecule has 1 atom stereocenters. The fourth-order valence-corrected chi connectivity index (χ4v) is 4.31. The van der Waals surface area contributed by atoms with Gasteiger partial charge in [-0.3, -0.25) is 9.59 Å². The van der Waals surface area contributed by atoms with Crippen LogP contribution >= 0.6 is 11.8 Å². The monoisotopic (exact) mass is 333 g/mol. The molecule has 2 aliphatic rings. The largest absolute Gasteiger partial charge is 0.466 e. The summed E-state index contributed by atoms with van der Waals surface area (Å²) in [4.78, 5) is 27.8. The van der Waals surface area contributed by atoms with Crippen molar-refractivity contribution in [2.45, 2.75) is 37.5 Å². The minimum Gasteiger partial charge on any atom is -0.466 e. The minimum atomic E-state index is -0.180. The van der Waals surface area contributed by atoms with E-state index in [1.54, 1.807) is 0 Å². The Labute approximate surface area is 141 Å². The van der Waals surface area contributed by atoms with Gasteiger partial charge >= 0.3 is 5.97 Å². The fourth-order valence-electron chi connectivity index (χ4n) is 3.29. The second kappa shape index (κ2) is 7.39. The van der Waals surface area contributed by atoms with Crippen LogP contribution in [0.3, 0.4) is 0 Å². The van der Waals surface area contributed by atoms with E-state index in [0.29, 0.717) is 13.2 Å². The number of amides is 1. The van der Waals surface area contributed by atoms with Gasteiger partial charge in [-0.15, -0.1) is 11.8 Å². The predicted octanol–water partition coefficient (Wildman–Crippen LogP) is 3.14. The van der Waals surface area contributed by atoms with Crippen LogP contribution in [0.1, 0.15) is 42.1 Å². The molecule has 1 fully saturated rings. The maximum atomic E-state index is 12.8. The van der Waals surface area contributed by atoms with Crippen molar-refractivity contribution in [2.24, 2.45) is 5.92 Å². The lowest BCUT2D eigenvalue weighted by atomic mass is 9.97. The molecular weight excluding hydrogens is 310 g/mol. The van der Waals surface area contributed by atoms with Crippen molar-refractivity contribution in [3.8, 4) is 0 Å². The summed E-state index contributed by atoms with van der Waals surface area (Å²) in [6.07, 6.45) is 3.89. The normalized spacial score (nSPS) is 20.7. The number of likely N-dealkylation sites (tertiary alicyclic amines) is 1. The Morgan fingerprint density at radius 3 is 3.04 bits per heavy atom. The molecule has 124 valence electrons. The third-order valence-electron chi connectivity index (χ3n) is 4.48. The Balaban J connectivity index is 1.71. The zero-order chi connectivity index (χ0) is 16.2. The van der Waals surface area contributed by atoms with Gasteiger partial charge in [0.2, 0.25) is 0 Å². The highest BCUT2D eigenvalue weighted by molar-refractivity contribution is 7.99. The number of thioether (sulfide) groups is 1. The van der Waals surface area contributed by atoms with Gasteiger partial charge in [0.15, 0.2) is 0 Å². The molecule has 1 amide bonds. The van der Waals surface area contributed by atoms with Gasteiger partial charge in [-0.05, 0) is 62.1 Å². The minimum absolute atomic E-state index is 0.0392. The van der Waals surface area contributed by atoms with Crippen LogP contribution in [0, 0.1) is 5.92 Å². The Bertz CT molecular complexity index is 602. The highest BCUT2D eigenvalue weighted by atomic mass is 32.2. The van der Waals surface area contributed by atoms with Crippen LogP contribution in [0.5, 0.6) is 0 Å². The van der Waals surface area contributed by atoms with Crippen molar-refractivity contribution in [1.82, 2.24) is 4.90 Å². The second-order valence-electron chi connectivity index (χ2n) is 6.12. The van der Waals surface area contributed by atoms with Gasteiger partial charge in [-0.25, -0.2) is 0 Å². The molecule has 0 spiro atoms. The van der Waals surface area contributed by atoms with E-state index in [9.17, 15) is 9.59 Å². The molecule has 0 aliphatic carbocycles. The fraction of sp³-hybridized carbons (Fsp3) is 0.556. The molecule has 5 heteroatoms. The molecule has 1 aromatic rings. The number of hydrogen-bond donors (Lipinski definition) is 0. The van der Waals surface area contributed by atoms with Crippen molar-refractivity contribution >= 4 is 23.6 Å². The average molecular weight is 333 g/mol.